The molecule has 0 bridgehead atoms. The summed E-state index contributed by atoms with van der Waals surface area (Å²) in [6.45, 7) is -0.648. The molecule has 0 aromatic heterocycles. The van der Waals surface area contributed by atoms with Crippen molar-refractivity contribution in [3.05, 3.63) is 45.7 Å². The van der Waals surface area contributed by atoms with Crippen molar-refractivity contribution < 1.29 is 34.0 Å². The van der Waals surface area contributed by atoms with Crippen molar-refractivity contribution in [2.24, 2.45) is 0 Å². The average molecular weight is 445 g/mol. The van der Waals surface area contributed by atoms with Crippen LogP contribution in [0.5, 0.6) is 0 Å². The van der Waals surface area contributed by atoms with Gasteiger partial charge < -0.3 is 24.8 Å². The number of thioether (sulfide) groups is 1. The molecule has 6 nitrogen and oxygen atoms in total. The second-order valence-corrected chi connectivity index (χ2v) is 9.36. The molecule has 1 aromatic carbocycles. The Labute approximate surface area is 176 Å². The van der Waals surface area contributed by atoms with Crippen LogP contribution in [-0.2, 0) is 20.7 Å². The number of benzene rings is 1. The van der Waals surface area contributed by atoms with E-state index in [-0.39, 0.29) is 35.1 Å². The third-order valence-corrected chi connectivity index (χ3v) is 7.64. The molecule has 1 saturated heterocycles. The van der Waals surface area contributed by atoms with E-state index >= 15 is 0 Å². The Balaban J connectivity index is 1.57. The zero-order valence-corrected chi connectivity index (χ0v) is 17.1. The van der Waals surface area contributed by atoms with Crippen LogP contribution in [0.4, 0.5) is 4.39 Å². The Morgan fingerprint density at radius 3 is 2.52 bits per heavy atom. The van der Waals surface area contributed by atoms with Crippen LogP contribution in [0.2, 0.25) is 5.02 Å². The minimum absolute atomic E-state index is 0.0132. The normalized spacial score (nSPS) is 30.4. The lowest BCUT2D eigenvalue weighted by Crippen LogP contribution is -2.37. The maximum Gasteiger partial charge on any atom is 0.332 e. The summed E-state index contributed by atoms with van der Waals surface area (Å²) in [7, 11) is 0. The average Bonchev–Trinajstić information content (AvgIpc) is 3.24. The van der Waals surface area contributed by atoms with Crippen molar-refractivity contribution in [3.63, 3.8) is 0 Å². The van der Waals surface area contributed by atoms with Crippen molar-refractivity contribution in [2.45, 2.75) is 54.2 Å². The fourth-order valence-corrected chi connectivity index (χ4v) is 6.45. The molecule has 9 heteroatoms. The van der Waals surface area contributed by atoms with Gasteiger partial charge in [0.25, 0.3) is 0 Å². The fraction of sp³-hybridized carbons (Fsp3) is 0.550. The number of carboxylic acids is 1. The van der Waals surface area contributed by atoms with E-state index in [4.69, 9.17) is 21.1 Å². The number of aliphatic hydroxyl groups is 2. The summed E-state index contributed by atoms with van der Waals surface area (Å²) in [6.07, 6.45) is 2.43. The van der Waals surface area contributed by atoms with E-state index < -0.39 is 24.0 Å². The summed E-state index contributed by atoms with van der Waals surface area (Å²) in [5, 5.41) is 28.7. The zero-order valence-electron chi connectivity index (χ0n) is 15.5. The summed E-state index contributed by atoms with van der Waals surface area (Å²) < 4.78 is 25.2. The Kier molecular flexibility index (Phi) is 5.94. The number of carboxylic acid groups (broad SMARTS) is 1. The minimum Gasteiger partial charge on any atom is -0.478 e. The Morgan fingerprint density at radius 2 is 1.90 bits per heavy atom. The van der Waals surface area contributed by atoms with E-state index in [2.05, 4.69) is 0 Å². The highest BCUT2D eigenvalue weighted by Gasteiger charge is 2.49. The van der Waals surface area contributed by atoms with Gasteiger partial charge in [0.05, 0.1) is 18.8 Å². The van der Waals surface area contributed by atoms with Crippen molar-refractivity contribution in [2.75, 3.05) is 13.2 Å². The predicted molar refractivity (Wildman–Crippen MR) is 105 cm³/mol. The number of aliphatic hydroxyl groups excluding tert-OH is 2. The molecule has 2 aliphatic carbocycles. The first-order chi connectivity index (χ1) is 13.9. The van der Waals surface area contributed by atoms with Crippen LogP contribution in [0.15, 0.2) is 23.8 Å². The summed E-state index contributed by atoms with van der Waals surface area (Å²) in [5.41, 5.74) is 1.93. The third-order valence-electron chi connectivity index (χ3n) is 5.71. The zero-order chi connectivity index (χ0) is 20.8. The molecule has 0 radical (unpaired) electrons. The molecule has 0 saturated carbocycles. The predicted octanol–water partition coefficient (Wildman–Crippen LogP) is 2.84. The topological polar surface area (TPSA) is 96.2 Å². The monoisotopic (exact) mass is 444 g/mol. The first-order valence-corrected chi connectivity index (χ1v) is 10.8. The molecule has 3 aliphatic rings. The molecule has 4 rings (SSSR count). The smallest absolute Gasteiger partial charge is 0.332 e. The van der Waals surface area contributed by atoms with Crippen LogP contribution in [0.3, 0.4) is 0 Å². The number of rotatable bonds is 5. The van der Waals surface area contributed by atoms with Crippen LogP contribution in [0.1, 0.15) is 35.6 Å². The van der Waals surface area contributed by atoms with Gasteiger partial charge in [-0.2, -0.15) is 0 Å². The van der Waals surface area contributed by atoms with Gasteiger partial charge in [-0.25, -0.2) is 9.18 Å². The number of fused-ring (bicyclic) bond motifs is 1. The molecule has 1 fully saturated rings. The highest BCUT2D eigenvalue weighted by atomic mass is 35.5. The number of ether oxygens (including phenoxy) is 2. The number of aliphatic carboxylic acids is 1. The van der Waals surface area contributed by atoms with Crippen molar-refractivity contribution in [1.82, 2.24) is 0 Å². The molecule has 3 N–H and O–H groups in total. The van der Waals surface area contributed by atoms with E-state index in [1.165, 1.54) is 30.0 Å². The molecule has 1 heterocycles. The molecule has 0 amide bonds. The summed E-state index contributed by atoms with van der Waals surface area (Å²) in [6, 6.07) is 2.79. The molecular weight excluding hydrogens is 423 g/mol. The van der Waals surface area contributed by atoms with Crippen molar-refractivity contribution in [3.8, 4) is 0 Å². The molecular formula is C20H22ClFO6S. The lowest BCUT2D eigenvalue weighted by atomic mass is 9.94. The second-order valence-electron chi connectivity index (χ2n) is 7.55. The SMILES string of the molecule is O=C(O)C1=CC2(CC[C@H]1S[C@H]1CCc3cc(F)cc(Cl)c31)O[C@H](CO)[C@@H](CO)O2. The molecule has 0 unspecified atom stereocenters. The van der Waals surface area contributed by atoms with E-state index in [1.54, 1.807) is 0 Å². The van der Waals surface area contributed by atoms with Gasteiger partial charge >= 0.3 is 5.97 Å². The van der Waals surface area contributed by atoms with Gasteiger partial charge in [-0.15, -0.1) is 11.8 Å². The second kappa shape index (κ2) is 8.17. The van der Waals surface area contributed by atoms with Crippen LogP contribution < -0.4 is 0 Å². The summed E-state index contributed by atoms with van der Waals surface area (Å²) in [4.78, 5) is 12.0. The van der Waals surface area contributed by atoms with Gasteiger partial charge in [0.15, 0.2) is 5.79 Å². The first-order valence-electron chi connectivity index (χ1n) is 9.52. The third kappa shape index (κ3) is 3.94. The standard InChI is InChI=1S/C20H22ClFO6S/c21-13-6-11(22)5-10-1-2-17(18(10)13)29-16-3-4-20(7-12(16)19(25)26)27-14(8-23)15(9-24)28-20/h5-7,14-17,23-24H,1-4,8-9H2,(H,25,26)/t14-,15-,16-,17+/m1/s1. The van der Waals surface area contributed by atoms with E-state index in [0.29, 0.717) is 24.3 Å². The van der Waals surface area contributed by atoms with Gasteiger partial charge in [-0.3, -0.25) is 0 Å². The number of carbonyl (C=O) groups is 1. The summed E-state index contributed by atoms with van der Waals surface area (Å²) in [5.74, 6) is -2.68. The van der Waals surface area contributed by atoms with Gasteiger partial charge in [0.1, 0.15) is 18.0 Å². The quantitative estimate of drug-likeness (QED) is 0.642. The molecule has 4 atom stereocenters. The van der Waals surface area contributed by atoms with Crippen LogP contribution in [0.25, 0.3) is 0 Å². The van der Waals surface area contributed by atoms with E-state index in [0.717, 1.165) is 17.5 Å². The largest absolute Gasteiger partial charge is 0.478 e. The number of hydrogen-bond acceptors (Lipinski definition) is 6. The first kappa shape index (κ1) is 21.1. The van der Waals surface area contributed by atoms with Gasteiger partial charge in [-0.05, 0) is 48.6 Å². The maximum atomic E-state index is 13.6. The minimum atomic E-state index is -1.25. The lowest BCUT2D eigenvalue weighted by Gasteiger charge is -2.34. The van der Waals surface area contributed by atoms with Crippen LogP contribution >= 0.6 is 23.4 Å². The Bertz CT molecular complexity index is 835. The molecule has 158 valence electrons. The number of aryl methyl sites for hydroxylation is 1. The summed E-state index contributed by atoms with van der Waals surface area (Å²) >= 11 is 7.79. The van der Waals surface area contributed by atoms with Gasteiger partial charge in [-0.1, -0.05) is 11.6 Å². The molecule has 1 aliphatic heterocycles. The van der Waals surface area contributed by atoms with Crippen LogP contribution in [-0.4, -0.2) is 57.7 Å². The number of hydrogen-bond donors (Lipinski definition) is 3. The van der Waals surface area contributed by atoms with Crippen molar-refractivity contribution in [1.29, 1.82) is 0 Å². The van der Waals surface area contributed by atoms with Crippen LogP contribution in [0, 0.1) is 5.82 Å². The van der Waals surface area contributed by atoms with Gasteiger partial charge in [0.2, 0.25) is 0 Å². The molecule has 1 spiro atoms. The lowest BCUT2D eigenvalue weighted by molar-refractivity contribution is -0.153. The van der Waals surface area contributed by atoms with Crippen molar-refractivity contribution >= 4 is 29.3 Å². The Hall–Kier alpha value is -1.16. The highest BCUT2D eigenvalue weighted by Crippen LogP contribution is 2.51. The van der Waals surface area contributed by atoms with Gasteiger partial charge in [0, 0.05) is 21.9 Å². The fourth-order valence-electron chi connectivity index (χ4n) is 4.39. The maximum absolute atomic E-state index is 13.6. The van der Waals surface area contributed by atoms with E-state index in [9.17, 15) is 24.5 Å². The molecule has 29 heavy (non-hydrogen) atoms. The highest BCUT2D eigenvalue weighted by molar-refractivity contribution is 8.00. The molecule has 1 aromatic rings. The van der Waals surface area contributed by atoms with E-state index in [1.807, 2.05) is 0 Å². The Morgan fingerprint density at radius 1 is 1.21 bits per heavy atom. The number of halogens is 2.